The summed E-state index contributed by atoms with van der Waals surface area (Å²) in [4.78, 5) is 16.7. The minimum absolute atomic E-state index is 0.299. The molecule has 0 bridgehead atoms. The van der Waals surface area contributed by atoms with Gasteiger partial charge in [0.25, 0.3) is 5.91 Å². The Hall–Kier alpha value is -2.34. The summed E-state index contributed by atoms with van der Waals surface area (Å²) in [5.74, 6) is -0.0338. The van der Waals surface area contributed by atoms with Crippen molar-refractivity contribution in [3.8, 4) is 5.75 Å². The molecule has 0 saturated heterocycles. The number of carbonyl (C=O) groups excluding carboxylic acids is 1. The molecule has 1 heterocycles. The minimum Gasteiger partial charge on any atom is -0.479 e. The van der Waals surface area contributed by atoms with E-state index in [2.05, 4.69) is 15.5 Å². The zero-order chi connectivity index (χ0) is 20.1. The van der Waals surface area contributed by atoms with Crippen LogP contribution in [0.5, 0.6) is 5.75 Å². The molecule has 8 heteroatoms. The highest BCUT2D eigenvalue weighted by atomic mass is 35.5. The number of fused-ring (bicyclic) bond motifs is 1. The van der Waals surface area contributed by atoms with Crippen LogP contribution in [0.1, 0.15) is 18.9 Å². The van der Waals surface area contributed by atoms with Gasteiger partial charge in [-0.1, -0.05) is 59.9 Å². The number of pyridine rings is 1. The number of hydrazone groups is 1. The van der Waals surface area contributed by atoms with Crippen molar-refractivity contribution in [3.05, 3.63) is 69.3 Å². The lowest BCUT2D eigenvalue weighted by molar-refractivity contribution is -0.128. The molecule has 3 rings (SSSR count). The molecule has 0 radical (unpaired) electrons. The Bertz CT molecular complexity index is 1040. The molecule has 1 aromatic heterocycles. The van der Waals surface area contributed by atoms with Gasteiger partial charge in [-0.15, -0.1) is 0 Å². The van der Waals surface area contributed by atoms with Crippen LogP contribution in [0.3, 0.4) is 0 Å². The normalized spacial score (nSPS) is 12.3. The van der Waals surface area contributed by atoms with Gasteiger partial charge in [-0.2, -0.15) is 5.10 Å². The van der Waals surface area contributed by atoms with Crippen molar-refractivity contribution in [3.63, 3.8) is 0 Å². The zero-order valence-corrected chi connectivity index (χ0v) is 17.1. The van der Waals surface area contributed by atoms with Crippen molar-refractivity contribution in [2.75, 3.05) is 0 Å². The molecule has 0 aliphatic carbocycles. The van der Waals surface area contributed by atoms with Gasteiger partial charge in [0.05, 0.1) is 16.8 Å². The lowest BCUT2D eigenvalue weighted by atomic mass is 10.2. The average Bonchev–Trinajstić information content (AvgIpc) is 2.67. The first-order valence-electron chi connectivity index (χ1n) is 8.48. The van der Waals surface area contributed by atoms with E-state index in [4.69, 9.17) is 39.5 Å². The Kier molecular flexibility index (Phi) is 6.73. The van der Waals surface area contributed by atoms with E-state index in [0.717, 1.165) is 10.9 Å². The van der Waals surface area contributed by atoms with E-state index in [-0.39, 0.29) is 0 Å². The van der Waals surface area contributed by atoms with E-state index in [1.165, 1.54) is 6.21 Å². The SMILES string of the molecule is CC[C@H](Oc1ccc(Cl)cc1Cl)C(=O)N/N=C\c1cc2ccccc2nc1Cl. The van der Waals surface area contributed by atoms with Crippen LogP contribution in [0.4, 0.5) is 0 Å². The van der Waals surface area contributed by atoms with Gasteiger partial charge in [0.2, 0.25) is 0 Å². The molecular weight excluding hydrogens is 421 g/mol. The van der Waals surface area contributed by atoms with Gasteiger partial charge in [-0.3, -0.25) is 4.79 Å². The van der Waals surface area contributed by atoms with Crippen LogP contribution in [0.25, 0.3) is 10.9 Å². The van der Waals surface area contributed by atoms with Crippen LogP contribution in [-0.4, -0.2) is 23.2 Å². The smallest absolute Gasteiger partial charge is 0.281 e. The summed E-state index contributed by atoms with van der Waals surface area (Å²) < 4.78 is 5.68. The second-order valence-electron chi connectivity index (χ2n) is 5.88. The molecule has 1 amide bonds. The number of aromatic nitrogens is 1. The number of ether oxygens (including phenoxy) is 1. The molecule has 1 atom stereocenters. The Morgan fingerprint density at radius 3 is 2.75 bits per heavy atom. The monoisotopic (exact) mass is 435 g/mol. The number of benzene rings is 2. The highest BCUT2D eigenvalue weighted by Crippen LogP contribution is 2.28. The van der Waals surface area contributed by atoms with Gasteiger partial charge in [-0.05, 0) is 36.8 Å². The van der Waals surface area contributed by atoms with Crippen LogP contribution in [0.15, 0.2) is 53.6 Å². The quantitative estimate of drug-likeness (QED) is 0.315. The fourth-order valence-electron chi connectivity index (χ4n) is 2.48. The number of amides is 1. The number of hydrogen-bond donors (Lipinski definition) is 1. The van der Waals surface area contributed by atoms with Gasteiger partial charge in [0.15, 0.2) is 6.10 Å². The number of rotatable bonds is 6. The van der Waals surface area contributed by atoms with Crippen LogP contribution >= 0.6 is 34.8 Å². The molecule has 2 aromatic carbocycles. The third-order valence-corrected chi connectivity index (χ3v) is 4.74. The fraction of sp³-hybridized carbons (Fsp3) is 0.150. The molecule has 144 valence electrons. The van der Waals surface area contributed by atoms with Crippen molar-refractivity contribution in [2.24, 2.45) is 5.10 Å². The second kappa shape index (κ2) is 9.24. The standard InChI is InChI=1S/C20H16Cl3N3O2/c1-2-17(28-18-8-7-14(21)10-15(18)22)20(27)26-24-11-13-9-12-5-3-4-6-16(12)25-19(13)23/h3-11,17H,2H2,1H3,(H,26,27)/b24-11-/t17-/m0/s1. The zero-order valence-electron chi connectivity index (χ0n) is 14.8. The largest absolute Gasteiger partial charge is 0.479 e. The summed E-state index contributed by atoms with van der Waals surface area (Å²) in [5, 5.41) is 6.01. The lowest BCUT2D eigenvalue weighted by Crippen LogP contribution is -2.35. The molecule has 0 aliphatic rings. The Morgan fingerprint density at radius 2 is 2.00 bits per heavy atom. The number of carbonyl (C=O) groups is 1. The maximum absolute atomic E-state index is 12.4. The first-order valence-corrected chi connectivity index (χ1v) is 9.61. The maximum atomic E-state index is 12.4. The van der Waals surface area contributed by atoms with Crippen LogP contribution in [0, 0.1) is 0 Å². The van der Waals surface area contributed by atoms with Gasteiger partial charge < -0.3 is 4.74 Å². The summed E-state index contributed by atoms with van der Waals surface area (Å²) in [7, 11) is 0. The van der Waals surface area contributed by atoms with Crippen LogP contribution < -0.4 is 10.2 Å². The van der Waals surface area contributed by atoms with Gasteiger partial charge >= 0.3 is 0 Å². The van der Waals surface area contributed by atoms with Crippen molar-refractivity contribution < 1.29 is 9.53 Å². The number of nitrogens with one attached hydrogen (secondary N) is 1. The molecule has 0 unspecified atom stereocenters. The molecular formula is C20H16Cl3N3O2. The number of nitrogens with zero attached hydrogens (tertiary/aromatic N) is 2. The lowest BCUT2D eigenvalue weighted by Gasteiger charge is -2.16. The third kappa shape index (κ3) is 4.93. The van der Waals surface area contributed by atoms with Crippen molar-refractivity contribution >= 4 is 57.8 Å². The summed E-state index contributed by atoms with van der Waals surface area (Å²) >= 11 is 18.1. The predicted molar refractivity (Wildman–Crippen MR) is 114 cm³/mol. The van der Waals surface area contributed by atoms with Gasteiger partial charge in [-0.25, -0.2) is 10.4 Å². The first kappa shape index (κ1) is 20.4. The van der Waals surface area contributed by atoms with E-state index in [0.29, 0.717) is 32.9 Å². The van der Waals surface area contributed by atoms with Gasteiger partial charge in [0, 0.05) is 16.0 Å². The highest BCUT2D eigenvalue weighted by Gasteiger charge is 2.19. The van der Waals surface area contributed by atoms with Crippen molar-refractivity contribution in [1.82, 2.24) is 10.4 Å². The average molecular weight is 437 g/mol. The van der Waals surface area contributed by atoms with E-state index in [1.807, 2.05) is 37.3 Å². The highest BCUT2D eigenvalue weighted by molar-refractivity contribution is 6.35. The van der Waals surface area contributed by atoms with E-state index >= 15 is 0 Å². The Morgan fingerprint density at radius 1 is 1.21 bits per heavy atom. The molecule has 0 spiro atoms. The third-order valence-electron chi connectivity index (χ3n) is 3.91. The molecule has 0 saturated carbocycles. The Labute approximate surface area is 177 Å². The molecule has 0 aliphatic heterocycles. The molecule has 5 nitrogen and oxygen atoms in total. The van der Waals surface area contributed by atoms with Crippen molar-refractivity contribution in [2.45, 2.75) is 19.4 Å². The molecule has 1 N–H and O–H groups in total. The summed E-state index contributed by atoms with van der Waals surface area (Å²) in [5.41, 5.74) is 3.84. The van der Waals surface area contributed by atoms with E-state index < -0.39 is 12.0 Å². The van der Waals surface area contributed by atoms with E-state index in [9.17, 15) is 4.79 Å². The van der Waals surface area contributed by atoms with Crippen LogP contribution in [-0.2, 0) is 4.79 Å². The summed E-state index contributed by atoms with van der Waals surface area (Å²) in [6.07, 6.45) is 1.11. The molecule has 0 fully saturated rings. The van der Waals surface area contributed by atoms with E-state index in [1.54, 1.807) is 18.2 Å². The number of para-hydroxylation sites is 1. The summed E-state index contributed by atoms with van der Waals surface area (Å²) in [6, 6.07) is 14.2. The topological polar surface area (TPSA) is 63.6 Å². The van der Waals surface area contributed by atoms with Crippen molar-refractivity contribution in [1.29, 1.82) is 0 Å². The number of halogens is 3. The minimum atomic E-state index is -0.763. The molecule has 28 heavy (non-hydrogen) atoms. The molecule has 3 aromatic rings. The predicted octanol–water partition coefficient (Wildman–Crippen LogP) is 5.50. The number of hydrogen-bond acceptors (Lipinski definition) is 4. The second-order valence-corrected chi connectivity index (χ2v) is 7.09. The summed E-state index contributed by atoms with van der Waals surface area (Å²) in [6.45, 7) is 1.82. The Balaban J connectivity index is 1.68. The maximum Gasteiger partial charge on any atom is 0.281 e. The fourth-order valence-corrected chi connectivity index (χ4v) is 3.13. The van der Waals surface area contributed by atoms with Gasteiger partial charge in [0.1, 0.15) is 10.9 Å². The first-order chi connectivity index (χ1) is 13.5. The van der Waals surface area contributed by atoms with Crippen LogP contribution in [0.2, 0.25) is 15.2 Å².